The summed E-state index contributed by atoms with van der Waals surface area (Å²) in [5, 5.41) is 0. The van der Waals surface area contributed by atoms with Crippen LogP contribution in [0.25, 0.3) is 0 Å². The summed E-state index contributed by atoms with van der Waals surface area (Å²) in [6.07, 6.45) is 24.6. The summed E-state index contributed by atoms with van der Waals surface area (Å²) in [6.45, 7) is 9.95. The number of carbonyl (C=O) groups excluding carboxylic acids is 1. The topological polar surface area (TPSA) is 63.2 Å². The summed E-state index contributed by atoms with van der Waals surface area (Å²) in [6, 6.07) is 0. The minimum atomic E-state index is -0.111. The maximum absolute atomic E-state index is 11.8. The molecule has 6 nitrogen and oxygen atoms in total. The van der Waals surface area contributed by atoms with Gasteiger partial charge in [0.1, 0.15) is 0 Å². The fourth-order valence-electron chi connectivity index (χ4n) is 4.27. The fourth-order valence-corrected chi connectivity index (χ4v) is 4.27. The Labute approximate surface area is 236 Å². The third kappa shape index (κ3) is 33.3. The molecule has 6 heteroatoms. The number of unbranched alkanes of at least 4 members (excludes halogenated alkanes) is 16. The highest BCUT2D eigenvalue weighted by atomic mass is 16.6. The van der Waals surface area contributed by atoms with E-state index in [2.05, 4.69) is 13.8 Å². The van der Waals surface area contributed by atoms with E-state index in [0.29, 0.717) is 65.7 Å². The van der Waals surface area contributed by atoms with Crippen molar-refractivity contribution in [1.82, 2.24) is 0 Å². The largest absolute Gasteiger partial charge is 0.466 e. The van der Waals surface area contributed by atoms with E-state index in [1.807, 2.05) is 0 Å². The smallest absolute Gasteiger partial charge is 0.305 e. The lowest BCUT2D eigenvalue weighted by atomic mass is 10.1. The quantitative estimate of drug-likeness (QED) is 0.0610. The molecule has 0 aliphatic rings. The zero-order chi connectivity index (χ0) is 27.6. The first kappa shape index (κ1) is 37.3. The first-order valence-electron chi connectivity index (χ1n) is 16.3. The normalized spacial score (nSPS) is 11.3. The number of esters is 1. The molecule has 0 N–H and O–H groups in total. The first-order valence-corrected chi connectivity index (χ1v) is 16.3. The van der Waals surface area contributed by atoms with E-state index >= 15 is 0 Å². The van der Waals surface area contributed by atoms with Crippen molar-refractivity contribution in [2.45, 2.75) is 142 Å². The van der Waals surface area contributed by atoms with Crippen LogP contribution in [-0.4, -0.2) is 65.4 Å². The molecule has 0 fully saturated rings. The van der Waals surface area contributed by atoms with Gasteiger partial charge in [-0.3, -0.25) is 4.79 Å². The summed E-state index contributed by atoms with van der Waals surface area (Å²) >= 11 is 0. The van der Waals surface area contributed by atoms with Gasteiger partial charge in [-0.1, -0.05) is 117 Å². The second kappa shape index (κ2) is 34.3. The van der Waals surface area contributed by atoms with Gasteiger partial charge in [-0.25, -0.2) is 0 Å². The van der Waals surface area contributed by atoms with Gasteiger partial charge in [0.2, 0.25) is 0 Å². The van der Waals surface area contributed by atoms with Crippen LogP contribution in [0.4, 0.5) is 0 Å². The lowest BCUT2D eigenvalue weighted by molar-refractivity contribution is -0.144. The van der Waals surface area contributed by atoms with Crippen molar-refractivity contribution in [3.8, 4) is 0 Å². The van der Waals surface area contributed by atoms with E-state index < -0.39 is 0 Å². The van der Waals surface area contributed by atoms with Gasteiger partial charge in [0.25, 0.3) is 0 Å². The molecule has 0 amide bonds. The molecule has 0 saturated heterocycles. The van der Waals surface area contributed by atoms with Crippen LogP contribution in [0.2, 0.25) is 0 Å². The highest BCUT2D eigenvalue weighted by Gasteiger charge is 2.03. The van der Waals surface area contributed by atoms with E-state index in [1.54, 1.807) is 0 Å². The zero-order valence-electron chi connectivity index (χ0n) is 25.5. The lowest BCUT2D eigenvalue weighted by Crippen LogP contribution is -2.12. The Balaban J connectivity index is 3.12. The molecular formula is C32H64O6. The van der Waals surface area contributed by atoms with Crippen LogP contribution < -0.4 is 0 Å². The maximum atomic E-state index is 11.8. The monoisotopic (exact) mass is 544 g/mol. The highest BCUT2D eigenvalue weighted by Crippen LogP contribution is 2.11. The molecule has 38 heavy (non-hydrogen) atoms. The Hall–Kier alpha value is -0.690. The lowest BCUT2D eigenvalue weighted by Gasteiger charge is -2.08. The predicted molar refractivity (Wildman–Crippen MR) is 158 cm³/mol. The minimum absolute atomic E-state index is 0.111. The average Bonchev–Trinajstić information content (AvgIpc) is 2.92. The van der Waals surface area contributed by atoms with Crippen molar-refractivity contribution in [1.29, 1.82) is 0 Å². The molecule has 0 spiro atoms. The van der Waals surface area contributed by atoms with E-state index in [9.17, 15) is 4.79 Å². The molecule has 0 saturated carbocycles. The molecule has 0 unspecified atom stereocenters. The summed E-state index contributed by atoms with van der Waals surface area (Å²) in [5.74, 6) is -0.111. The van der Waals surface area contributed by atoms with E-state index in [0.717, 1.165) is 25.9 Å². The third-order valence-electron chi connectivity index (χ3n) is 6.69. The molecule has 0 atom stereocenters. The Kier molecular flexibility index (Phi) is 33.7. The number of ether oxygens (including phenoxy) is 5. The molecule has 228 valence electrons. The molecule has 0 radical (unpaired) electrons. The van der Waals surface area contributed by atoms with Gasteiger partial charge in [-0.2, -0.15) is 0 Å². The van der Waals surface area contributed by atoms with Crippen LogP contribution in [-0.2, 0) is 28.5 Å². The van der Waals surface area contributed by atoms with Crippen molar-refractivity contribution in [3.05, 3.63) is 0 Å². The Morgan fingerprint density at radius 3 is 1.11 bits per heavy atom. The van der Waals surface area contributed by atoms with Gasteiger partial charge in [0, 0.05) is 19.6 Å². The summed E-state index contributed by atoms with van der Waals surface area (Å²) in [7, 11) is 0. The van der Waals surface area contributed by atoms with Crippen LogP contribution in [0.5, 0.6) is 0 Å². The van der Waals surface area contributed by atoms with Gasteiger partial charge in [-0.15, -0.1) is 0 Å². The van der Waals surface area contributed by atoms with Crippen molar-refractivity contribution in [3.63, 3.8) is 0 Å². The zero-order valence-corrected chi connectivity index (χ0v) is 25.5. The number of hydrogen-bond acceptors (Lipinski definition) is 6. The third-order valence-corrected chi connectivity index (χ3v) is 6.69. The second-order valence-corrected chi connectivity index (χ2v) is 10.4. The van der Waals surface area contributed by atoms with Crippen LogP contribution >= 0.6 is 0 Å². The first-order chi connectivity index (χ1) is 18.8. The van der Waals surface area contributed by atoms with Crippen LogP contribution in [0.1, 0.15) is 142 Å². The molecule has 0 aliphatic heterocycles. The van der Waals surface area contributed by atoms with Crippen molar-refractivity contribution in [2.24, 2.45) is 0 Å². The fraction of sp³-hybridized carbons (Fsp3) is 0.969. The molecule has 0 aromatic heterocycles. The Bertz CT molecular complexity index is 446. The molecular weight excluding hydrogens is 480 g/mol. The number of rotatable bonds is 33. The standard InChI is InChI=1S/C32H64O6/c1-3-5-7-9-11-13-14-16-18-20-25-38-32(33)22-21-24-35-27-29-37-31-30-36-28-26-34-23-19-17-15-12-10-8-6-4-2/h3-31H2,1-2H3. The molecule has 0 aromatic carbocycles. The van der Waals surface area contributed by atoms with E-state index in [-0.39, 0.29) is 5.97 Å². The average molecular weight is 545 g/mol. The van der Waals surface area contributed by atoms with Gasteiger partial charge in [0.05, 0.1) is 46.2 Å². The number of hydrogen-bond donors (Lipinski definition) is 0. The predicted octanol–water partition coefficient (Wildman–Crippen LogP) is 8.44. The van der Waals surface area contributed by atoms with Gasteiger partial charge < -0.3 is 23.7 Å². The minimum Gasteiger partial charge on any atom is -0.466 e. The van der Waals surface area contributed by atoms with E-state index in [1.165, 1.54) is 96.3 Å². The Morgan fingerprint density at radius 1 is 0.368 bits per heavy atom. The molecule has 0 bridgehead atoms. The van der Waals surface area contributed by atoms with Crippen LogP contribution in [0.15, 0.2) is 0 Å². The van der Waals surface area contributed by atoms with Gasteiger partial charge in [-0.05, 0) is 19.3 Å². The van der Waals surface area contributed by atoms with Gasteiger partial charge >= 0.3 is 5.97 Å². The summed E-state index contributed by atoms with van der Waals surface area (Å²) in [4.78, 5) is 11.8. The molecule has 0 rings (SSSR count). The van der Waals surface area contributed by atoms with Crippen LogP contribution in [0, 0.1) is 0 Å². The molecule has 0 aromatic rings. The Morgan fingerprint density at radius 2 is 0.684 bits per heavy atom. The van der Waals surface area contributed by atoms with Crippen molar-refractivity contribution >= 4 is 5.97 Å². The van der Waals surface area contributed by atoms with E-state index in [4.69, 9.17) is 23.7 Å². The summed E-state index contributed by atoms with van der Waals surface area (Å²) in [5.41, 5.74) is 0. The number of carbonyl (C=O) groups is 1. The van der Waals surface area contributed by atoms with Crippen molar-refractivity contribution in [2.75, 3.05) is 59.5 Å². The van der Waals surface area contributed by atoms with Crippen LogP contribution in [0.3, 0.4) is 0 Å². The van der Waals surface area contributed by atoms with Crippen molar-refractivity contribution < 1.29 is 28.5 Å². The highest BCUT2D eigenvalue weighted by molar-refractivity contribution is 5.69. The molecule has 0 aliphatic carbocycles. The van der Waals surface area contributed by atoms with Gasteiger partial charge in [0.15, 0.2) is 0 Å². The summed E-state index contributed by atoms with van der Waals surface area (Å²) < 4.78 is 27.5. The SMILES string of the molecule is CCCCCCCCCCCCOC(=O)CCCOCCOCCOCCOCCCCCCCCCC. The maximum Gasteiger partial charge on any atom is 0.305 e. The molecule has 0 heterocycles. The second-order valence-electron chi connectivity index (χ2n) is 10.4.